The van der Waals surface area contributed by atoms with Gasteiger partial charge in [0, 0.05) is 49.2 Å². The fraction of sp³-hybridized carbons (Fsp3) is 0.471. The number of carbonyl (C=O) groups excluding carboxylic acids is 1. The van der Waals surface area contributed by atoms with E-state index >= 15 is 0 Å². The summed E-state index contributed by atoms with van der Waals surface area (Å²) in [5, 5.41) is 10.6. The molecule has 0 aromatic carbocycles. The molecule has 1 saturated heterocycles. The van der Waals surface area contributed by atoms with Crippen LogP contribution in [0.15, 0.2) is 36.9 Å². The molecule has 1 N–H and O–H groups in total. The predicted octanol–water partition coefficient (Wildman–Crippen LogP) is 1.52. The average molecular weight is 314 g/mol. The summed E-state index contributed by atoms with van der Waals surface area (Å²) >= 11 is 0. The van der Waals surface area contributed by atoms with Gasteiger partial charge in [0.2, 0.25) is 5.91 Å². The fourth-order valence-electron chi connectivity index (χ4n) is 3.08. The maximum atomic E-state index is 12.4. The van der Waals surface area contributed by atoms with Gasteiger partial charge in [-0.05, 0) is 13.0 Å². The van der Waals surface area contributed by atoms with Crippen molar-refractivity contribution >= 4 is 5.91 Å². The maximum absolute atomic E-state index is 12.4. The monoisotopic (exact) mass is 314 g/mol. The Labute approximate surface area is 135 Å². The Balaban J connectivity index is 1.59. The Bertz CT molecular complexity index is 677. The summed E-state index contributed by atoms with van der Waals surface area (Å²) in [6.07, 6.45) is 8.27. The Morgan fingerprint density at radius 3 is 2.87 bits per heavy atom. The van der Waals surface area contributed by atoms with Gasteiger partial charge < -0.3 is 14.6 Å². The molecule has 1 atom stereocenters. The van der Waals surface area contributed by atoms with E-state index in [0.717, 1.165) is 17.8 Å². The molecule has 2 aromatic rings. The van der Waals surface area contributed by atoms with Crippen molar-refractivity contribution in [2.24, 2.45) is 0 Å². The highest BCUT2D eigenvalue weighted by molar-refractivity contribution is 5.78. The van der Waals surface area contributed by atoms with Crippen molar-refractivity contribution in [3.05, 3.63) is 48.3 Å². The number of aromatic nitrogens is 3. The molecule has 0 spiro atoms. The summed E-state index contributed by atoms with van der Waals surface area (Å²) in [7, 11) is 0. The smallest absolute Gasteiger partial charge is 0.224 e. The molecule has 0 aliphatic carbocycles. The standard InChI is InChI=1S/C17H22N4O2/c1-3-15-19-7-8-21(15)13(2)9-16(22)20-11-17(23,12-20)14-5-4-6-18-10-14/h4-8,10,13,23H,3,9,11-12H2,1-2H3. The van der Waals surface area contributed by atoms with E-state index in [9.17, 15) is 9.90 Å². The lowest BCUT2D eigenvalue weighted by molar-refractivity contribution is -0.158. The van der Waals surface area contributed by atoms with Crippen molar-refractivity contribution in [3.63, 3.8) is 0 Å². The molecule has 23 heavy (non-hydrogen) atoms. The molecule has 3 heterocycles. The minimum atomic E-state index is -0.962. The van der Waals surface area contributed by atoms with Gasteiger partial charge in [0.1, 0.15) is 11.4 Å². The zero-order valence-electron chi connectivity index (χ0n) is 13.5. The van der Waals surface area contributed by atoms with Crippen LogP contribution in [0, 0.1) is 0 Å². The first-order valence-electron chi connectivity index (χ1n) is 7.96. The molecular formula is C17H22N4O2. The minimum Gasteiger partial charge on any atom is -0.381 e. The molecule has 1 unspecified atom stereocenters. The van der Waals surface area contributed by atoms with Crippen molar-refractivity contribution in [1.82, 2.24) is 19.4 Å². The lowest BCUT2D eigenvalue weighted by Gasteiger charge is -2.46. The number of nitrogens with zero attached hydrogens (tertiary/aromatic N) is 4. The van der Waals surface area contributed by atoms with Crippen LogP contribution in [0.4, 0.5) is 0 Å². The minimum absolute atomic E-state index is 0.0572. The van der Waals surface area contributed by atoms with E-state index < -0.39 is 5.60 Å². The van der Waals surface area contributed by atoms with Gasteiger partial charge in [-0.2, -0.15) is 0 Å². The third-order valence-electron chi connectivity index (χ3n) is 4.47. The van der Waals surface area contributed by atoms with Crippen LogP contribution >= 0.6 is 0 Å². The summed E-state index contributed by atoms with van der Waals surface area (Å²) < 4.78 is 2.05. The lowest BCUT2D eigenvalue weighted by atomic mass is 9.87. The van der Waals surface area contributed by atoms with Crippen molar-refractivity contribution in [2.75, 3.05) is 13.1 Å². The Morgan fingerprint density at radius 1 is 1.43 bits per heavy atom. The molecule has 6 nitrogen and oxygen atoms in total. The van der Waals surface area contributed by atoms with Crippen LogP contribution in [-0.4, -0.2) is 43.5 Å². The molecule has 1 aliphatic heterocycles. The number of rotatable bonds is 5. The van der Waals surface area contributed by atoms with E-state index in [1.807, 2.05) is 23.8 Å². The maximum Gasteiger partial charge on any atom is 0.224 e. The van der Waals surface area contributed by atoms with E-state index in [2.05, 4.69) is 16.9 Å². The van der Waals surface area contributed by atoms with Gasteiger partial charge in [-0.1, -0.05) is 13.0 Å². The summed E-state index contributed by atoms with van der Waals surface area (Å²) in [5.41, 5.74) is -0.198. The summed E-state index contributed by atoms with van der Waals surface area (Å²) in [4.78, 5) is 22.4. The second-order valence-electron chi connectivity index (χ2n) is 6.18. The van der Waals surface area contributed by atoms with Crippen LogP contribution in [0.5, 0.6) is 0 Å². The van der Waals surface area contributed by atoms with Gasteiger partial charge in [-0.3, -0.25) is 9.78 Å². The van der Waals surface area contributed by atoms with E-state index in [4.69, 9.17) is 0 Å². The zero-order valence-corrected chi connectivity index (χ0v) is 13.5. The first-order chi connectivity index (χ1) is 11.0. The third-order valence-corrected chi connectivity index (χ3v) is 4.47. The number of imidazole rings is 1. The number of carbonyl (C=O) groups is 1. The van der Waals surface area contributed by atoms with Crippen LogP contribution in [-0.2, 0) is 16.8 Å². The molecule has 6 heteroatoms. The normalized spacial score (nSPS) is 17.6. The first-order valence-corrected chi connectivity index (χ1v) is 7.96. The Hall–Kier alpha value is -2.21. The van der Waals surface area contributed by atoms with Gasteiger partial charge in [-0.25, -0.2) is 4.98 Å². The molecule has 122 valence electrons. The molecular weight excluding hydrogens is 292 g/mol. The molecule has 1 aliphatic rings. The van der Waals surface area contributed by atoms with Crippen LogP contribution in [0.25, 0.3) is 0 Å². The van der Waals surface area contributed by atoms with Gasteiger partial charge in [0.25, 0.3) is 0 Å². The van der Waals surface area contributed by atoms with Crippen molar-refractivity contribution in [1.29, 1.82) is 0 Å². The lowest BCUT2D eigenvalue weighted by Crippen LogP contribution is -2.61. The highest BCUT2D eigenvalue weighted by Crippen LogP contribution is 2.32. The molecule has 0 bridgehead atoms. The molecule has 0 radical (unpaired) electrons. The summed E-state index contributed by atoms with van der Waals surface area (Å²) in [5.74, 6) is 1.04. The van der Waals surface area contributed by atoms with Crippen LogP contribution < -0.4 is 0 Å². The highest BCUT2D eigenvalue weighted by Gasteiger charge is 2.45. The summed E-state index contributed by atoms with van der Waals surface area (Å²) in [6.45, 7) is 4.73. The largest absolute Gasteiger partial charge is 0.381 e. The first kappa shape index (κ1) is 15.7. The van der Waals surface area contributed by atoms with Gasteiger partial charge in [0.15, 0.2) is 0 Å². The topological polar surface area (TPSA) is 71.2 Å². The van der Waals surface area contributed by atoms with E-state index in [0.29, 0.717) is 19.5 Å². The second kappa shape index (κ2) is 6.12. The van der Waals surface area contributed by atoms with Crippen molar-refractivity contribution < 1.29 is 9.90 Å². The molecule has 1 fully saturated rings. The van der Waals surface area contributed by atoms with Crippen LogP contribution in [0.1, 0.15) is 37.7 Å². The average Bonchev–Trinajstić information content (AvgIpc) is 3.01. The number of β-amino-alcohol motifs (C(OH)–C–C–N with tert-alkyl or cyclic N) is 1. The quantitative estimate of drug-likeness (QED) is 0.908. The number of amides is 1. The molecule has 0 saturated carbocycles. The number of aliphatic hydroxyl groups is 1. The number of hydrogen-bond donors (Lipinski definition) is 1. The second-order valence-corrected chi connectivity index (χ2v) is 6.18. The Morgan fingerprint density at radius 2 is 2.22 bits per heavy atom. The Kier molecular flexibility index (Phi) is 4.17. The zero-order chi connectivity index (χ0) is 16.4. The highest BCUT2D eigenvalue weighted by atomic mass is 16.3. The number of hydrogen-bond acceptors (Lipinski definition) is 4. The van der Waals surface area contributed by atoms with E-state index in [1.165, 1.54) is 0 Å². The van der Waals surface area contributed by atoms with Gasteiger partial charge in [-0.15, -0.1) is 0 Å². The number of likely N-dealkylation sites (tertiary alicyclic amines) is 1. The number of pyridine rings is 1. The van der Waals surface area contributed by atoms with Crippen molar-refractivity contribution in [2.45, 2.75) is 38.3 Å². The van der Waals surface area contributed by atoms with Crippen LogP contribution in [0.2, 0.25) is 0 Å². The number of aryl methyl sites for hydroxylation is 1. The molecule has 3 rings (SSSR count). The van der Waals surface area contributed by atoms with E-state index in [1.54, 1.807) is 29.6 Å². The van der Waals surface area contributed by atoms with Crippen LogP contribution in [0.3, 0.4) is 0 Å². The predicted molar refractivity (Wildman–Crippen MR) is 85.6 cm³/mol. The molecule has 2 aromatic heterocycles. The van der Waals surface area contributed by atoms with E-state index in [-0.39, 0.29) is 11.9 Å². The third kappa shape index (κ3) is 2.99. The van der Waals surface area contributed by atoms with Crippen molar-refractivity contribution in [3.8, 4) is 0 Å². The SMILES string of the molecule is CCc1nccn1C(C)CC(=O)N1CC(O)(c2cccnc2)C1. The fourth-order valence-corrected chi connectivity index (χ4v) is 3.08. The molecule has 1 amide bonds. The summed E-state index contributed by atoms with van der Waals surface area (Å²) in [6, 6.07) is 3.70. The van der Waals surface area contributed by atoms with Gasteiger partial charge in [0.05, 0.1) is 13.1 Å². The van der Waals surface area contributed by atoms with Gasteiger partial charge >= 0.3 is 0 Å².